The van der Waals surface area contributed by atoms with E-state index in [1.54, 1.807) is 22.9 Å². The van der Waals surface area contributed by atoms with Gasteiger partial charge in [0.15, 0.2) is 0 Å². The molecule has 0 atom stereocenters. The molecule has 0 radical (unpaired) electrons. The highest BCUT2D eigenvalue weighted by Gasteiger charge is 2.16. The van der Waals surface area contributed by atoms with Crippen molar-refractivity contribution in [2.24, 2.45) is 0 Å². The number of aromatic amines is 1. The van der Waals surface area contributed by atoms with Gasteiger partial charge in [0.05, 0.1) is 28.6 Å². The lowest BCUT2D eigenvalue weighted by molar-refractivity contribution is -0.383. The average molecular weight is 346 g/mol. The number of nitrogens with zero attached hydrogens (tertiary/aromatic N) is 3. The van der Waals surface area contributed by atoms with Crippen molar-refractivity contribution in [2.75, 3.05) is 0 Å². The fourth-order valence-electron chi connectivity index (χ4n) is 2.96. The zero-order valence-electron chi connectivity index (χ0n) is 13.6. The highest BCUT2D eigenvalue weighted by molar-refractivity contribution is 5.92. The first kappa shape index (κ1) is 15.8. The van der Waals surface area contributed by atoms with E-state index in [-0.39, 0.29) is 11.2 Å². The van der Waals surface area contributed by atoms with Crippen LogP contribution in [0.15, 0.2) is 71.8 Å². The molecule has 128 valence electrons. The van der Waals surface area contributed by atoms with Crippen LogP contribution < -0.4 is 5.56 Å². The van der Waals surface area contributed by atoms with Gasteiger partial charge >= 0.3 is 0 Å². The summed E-state index contributed by atoms with van der Waals surface area (Å²) in [4.78, 5) is 23.1. The number of benzene rings is 2. The quantitative estimate of drug-likeness (QED) is 0.453. The largest absolute Gasteiger partial charge is 0.310 e. The van der Waals surface area contributed by atoms with Gasteiger partial charge in [-0.15, -0.1) is 0 Å². The first-order chi connectivity index (χ1) is 12.6. The molecule has 0 unspecified atom stereocenters. The predicted molar refractivity (Wildman–Crippen MR) is 98.0 cm³/mol. The number of nitrogens with one attached hydrogen (secondary N) is 1. The topological polar surface area (TPSA) is 93.8 Å². The molecule has 2 aromatic carbocycles. The van der Waals surface area contributed by atoms with Crippen LogP contribution in [-0.4, -0.2) is 19.7 Å². The van der Waals surface area contributed by atoms with E-state index < -0.39 is 4.92 Å². The summed E-state index contributed by atoms with van der Waals surface area (Å²) in [6.07, 6.45) is 3.16. The summed E-state index contributed by atoms with van der Waals surface area (Å²) in [5.41, 5.74) is 2.80. The van der Waals surface area contributed by atoms with Gasteiger partial charge in [-0.25, -0.2) is 0 Å². The van der Waals surface area contributed by atoms with Gasteiger partial charge in [0.2, 0.25) is 0 Å². The fourth-order valence-corrected chi connectivity index (χ4v) is 2.96. The summed E-state index contributed by atoms with van der Waals surface area (Å²) >= 11 is 0. The van der Waals surface area contributed by atoms with E-state index in [0.29, 0.717) is 23.0 Å². The number of hydrogen-bond acceptors (Lipinski definition) is 4. The molecule has 1 N–H and O–H groups in total. The Hall–Kier alpha value is -3.74. The Kier molecular flexibility index (Phi) is 3.81. The molecule has 0 aliphatic heterocycles. The number of aromatic nitrogens is 3. The Balaban J connectivity index is 1.81. The monoisotopic (exact) mass is 346 g/mol. The number of non-ortho nitro benzene ring substituents is 1. The molecule has 0 aliphatic rings. The zero-order valence-corrected chi connectivity index (χ0v) is 13.6. The Morgan fingerprint density at radius 1 is 1.08 bits per heavy atom. The summed E-state index contributed by atoms with van der Waals surface area (Å²) < 4.78 is 1.59. The Morgan fingerprint density at radius 2 is 1.88 bits per heavy atom. The predicted octanol–water partition coefficient (Wildman–Crippen LogP) is 3.35. The van der Waals surface area contributed by atoms with Crippen LogP contribution in [0.4, 0.5) is 5.69 Å². The van der Waals surface area contributed by atoms with Crippen LogP contribution in [0, 0.1) is 10.1 Å². The molecule has 0 fully saturated rings. The van der Waals surface area contributed by atoms with Gasteiger partial charge in [0.1, 0.15) is 0 Å². The van der Waals surface area contributed by atoms with Crippen molar-refractivity contribution < 1.29 is 4.92 Å². The van der Waals surface area contributed by atoms with E-state index in [2.05, 4.69) is 10.2 Å². The Labute approximate surface area is 147 Å². The molecule has 2 heterocycles. The summed E-state index contributed by atoms with van der Waals surface area (Å²) in [6.45, 7) is 0.432. The maximum atomic E-state index is 12.2. The Morgan fingerprint density at radius 3 is 2.65 bits per heavy atom. The van der Waals surface area contributed by atoms with Crippen LogP contribution >= 0.6 is 0 Å². The van der Waals surface area contributed by atoms with E-state index in [1.165, 1.54) is 18.3 Å². The molecule has 7 nitrogen and oxygen atoms in total. The van der Waals surface area contributed by atoms with Crippen molar-refractivity contribution in [3.8, 4) is 11.1 Å². The third-order valence-corrected chi connectivity index (χ3v) is 4.25. The van der Waals surface area contributed by atoms with Gasteiger partial charge in [-0.05, 0) is 28.8 Å². The molecule has 0 aliphatic carbocycles. The van der Waals surface area contributed by atoms with E-state index in [0.717, 1.165) is 11.1 Å². The molecule has 4 rings (SSSR count). The number of pyridine rings is 1. The molecule has 0 saturated heterocycles. The van der Waals surface area contributed by atoms with Crippen molar-refractivity contribution in [1.29, 1.82) is 0 Å². The minimum atomic E-state index is -0.429. The highest BCUT2D eigenvalue weighted by atomic mass is 16.6. The summed E-state index contributed by atoms with van der Waals surface area (Å²) in [5, 5.41) is 18.5. The van der Waals surface area contributed by atoms with E-state index >= 15 is 0 Å². The molecular weight excluding hydrogens is 332 g/mol. The molecule has 2 aromatic heterocycles. The maximum absolute atomic E-state index is 12.2. The van der Waals surface area contributed by atoms with Crippen LogP contribution in [0.3, 0.4) is 0 Å². The number of H-pyrrole nitrogens is 1. The van der Waals surface area contributed by atoms with Gasteiger partial charge in [0.25, 0.3) is 11.2 Å². The SMILES string of the molecule is O=c1ccc(-c2cc([N+](=O)[O-])c3cn[nH]c3c2)cn1Cc1ccccc1. The first-order valence-electron chi connectivity index (χ1n) is 7.98. The van der Waals surface area contributed by atoms with E-state index in [1.807, 2.05) is 30.3 Å². The molecule has 7 heteroatoms. The molecule has 0 saturated carbocycles. The van der Waals surface area contributed by atoms with Gasteiger partial charge in [-0.3, -0.25) is 20.0 Å². The second-order valence-corrected chi connectivity index (χ2v) is 5.95. The standard InChI is InChI=1S/C19H14N4O3/c24-19-7-6-14(12-22(19)11-13-4-2-1-3-5-13)15-8-17-16(10-20-21-17)18(9-15)23(25)26/h1-10,12H,11H2,(H,20,21). The lowest BCUT2D eigenvalue weighted by Gasteiger charge is -2.09. The zero-order chi connectivity index (χ0) is 18.1. The third kappa shape index (κ3) is 2.86. The number of rotatable bonds is 4. The van der Waals surface area contributed by atoms with Crippen LogP contribution in [0.2, 0.25) is 0 Å². The fraction of sp³-hybridized carbons (Fsp3) is 0.0526. The summed E-state index contributed by atoms with van der Waals surface area (Å²) in [5.74, 6) is 0. The van der Waals surface area contributed by atoms with Gasteiger partial charge < -0.3 is 4.57 Å². The smallest absolute Gasteiger partial charge is 0.280 e. The van der Waals surface area contributed by atoms with Crippen LogP contribution in [0.25, 0.3) is 22.0 Å². The molecule has 26 heavy (non-hydrogen) atoms. The van der Waals surface area contributed by atoms with Gasteiger partial charge in [-0.1, -0.05) is 30.3 Å². The van der Waals surface area contributed by atoms with E-state index in [9.17, 15) is 14.9 Å². The molecule has 4 aromatic rings. The minimum Gasteiger partial charge on any atom is -0.310 e. The average Bonchev–Trinajstić information content (AvgIpc) is 3.12. The van der Waals surface area contributed by atoms with Crippen molar-refractivity contribution in [2.45, 2.75) is 6.54 Å². The van der Waals surface area contributed by atoms with Crippen molar-refractivity contribution in [1.82, 2.24) is 14.8 Å². The van der Waals surface area contributed by atoms with E-state index in [4.69, 9.17) is 0 Å². The second-order valence-electron chi connectivity index (χ2n) is 5.95. The van der Waals surface area contributed by atoms with Gasteiger partial charge in [-0.2, -0.15) is 5.10 Å². The minimum absolute atomic E-state index is 0.0212. The molecule has 0 bridgehead atoms. The van der Waals surface area contributed by atoms with Crippen LogP contribution in [0.5, 0.6) is 0 Å². The first-order valence-corrected chi connectivity index (χ1v) is 7.98. The lowest BCUT2D eigenvalue weighted by Crippen LogP contribution is -2.19. The normalized spacial score (nSPS) is 10.9. The van der Waals surface area contributed by atoms with Crippen molar-refractivity contribution in [3.05, 3.63) is 93.0 Å². The molecular formula is C19H14N4O3. The van der Waals surface area contributed by atoms with Crippen LogP contribution in [-0.2, 0) is 6.54 Å². The number of hydrogen-bond donors (Lipinski definition) is 1. The number of nitro benzene ring substituents is 1. The Bertz CT molecular complexity index is 1160. The summed E-state index contributed by atoms with van der Waals surface area (Å²) in [7, 11) is 0. The highest BCUT2D eigenvalue weighted by Crippen LogP contribution is 2.30. The molecule has 0 amide bonds. The summed E-state index contributed by atoms with van der Waals surface area (Å²) in [6, 6.07) is 16.1. The van der Waals surface area contributed by atoms with Crippen molar-refractivity contribution >= 4 is 16.6 Å². The van der Waals surface area contributed by atoms with Gasteiger partial charge in [0, 0.05) is 18.3 Å². The van der Waals surface area contributed by atoms with Crippen LogP contribution in [0.1, 0.15) is 5.56 Å². The van der Waals surface area contributed by atoms with Crippen molar-refractivity contribution in [3.63, 3.8) is 0 Å². The lowest BCUT2D eigenvalue weighted by atomic mass is 10.0. The third-order valence-electron chi connectivity index (χ3n) is 4.25. The number of fused-ring (bicyclic) bond motifs is 1. The number of nitro groups is 1. The maximum Gasteiger partial charge on any atom is 0.280 e. The second kappa shape index (κ2) is 6.29. The molecule has 0 spiro atoms.